The van der Waals surface area contributed by atoms with Crippen LogP contribution in [0.15, 0.2) is 24.3 Å². The average molecular weight is 461 g/mol. The summed E-state index contributed by atoms with van der Waals surface area (Å²) in [7, 11) is 2.12. The van der Waals surface area contributed by atoms with Crippen LogP contribution in [0.5, 0.6) is 11.5 Å². The SMILES string of the molecule is CN1CC[C@]23c4c5ccc(O[C@@H]6O[C@H](C(=O)O)[C@@H](O)[C@H](O)[C@H]6O)c4O[C@H]2[C@@H](O)C=CC3[C@H]1C5. The maximum Gasteiger partial charge on any atom is 0.335 e. The summed E-state index contributed by atoms with van der Waals surface area (Å²) in [6.07, 6.45) is -4.29. The van der Waals surface area contributed by atoms with Crippen molar-refractivity contribution in [2.75, 3.05) is 13.6 Å². The van der Waals surface area contributed by atoms with E-state index in [1.165, 1.54) is 0 Å². The summed E-state index contributed by atoms with van der Waals surface area (Å²) >= 11 is 0. The number of likely N-dealkylation sites (tertiary alicyclic amines) is 1. The van der Waals surface area contributed by atoms with Crippen molar-refractivity contribution in [3.8, 4) is 11.5 Å². The van der Waals surface area contributed by atoms with E-state index in [0.29, 0.717) is 5.75 Å². The number of carboxylic acid groups (broad SMARTS) is 1. The zero-order valence-electron chi connectivity index (χ0n) is 17.9. The number of ether oxygens (including phenoxy) is 3. The van der Waals surface area contributed by atoms with Gasteiger partial charge in [0.25, 0.3) is 0 Å². The van der Waals surface area contributed by atoms with E-state index in [9.17, 15) is 30.3 Å². The highest BCUT2D eigenvalue weighted by Crippen LogP contribution is 2.62. The van der Waals surface area contributed by atoms with Crippen molar-refractivity contribution < 1.29 is 44.5 Å². The predicted molar refractivity (Wildman–Crippen MR) is 111 cm³/mol. The molecule has 10 heteroatoms. The molecule has 33 heavy (non-hydrogen) atoms. The molecule has 0 amide bonds. The average Bonchev–Trinajstić information content (AvgIpc) is 3.14. The van der Waals surface area contributed by atoms with E-state index in [-0.39, 0.29) is 17.7 Å². The molecule has 3 heterocycles. The number of carboxylic acids is 1. The van der Waals surface area contributed by atoms with Gasteiger partial charge in [-0.05, 0) is 38.1 Å². The smallest absolute Gasteiger partial charge is 0.335 e. The lowest BCUT2D eigenvalue weighted by Gasteiger charge is -2.56. The Morgan fingerprint density at radius 2 is 1.94 bits per heavy atom. The first kappa shape index (κ1) is 21.3. The fourth-order valence-electron chi connectivity index (χ4n) is 6.60. The highest BCUT2D eigenvalue weighted by molar-refractivity contribution is 5.73. The second-order valence-corrected chi connectivity index (χ2v) is 9.76. The standard InChI is InChI=1S/C23H27NO9/c1-24-7-6-23-10-3-4-12(25)20(23)32-18-13(5-2-9(14(18)23)8-11(10)24)31-22-17(28)15(26)16(27)19(33-22)21(29)30/h2-5,10-12,15-17,19-20,22,25-28H,6-8H2,1H3,(H,29,30)/t10?,11-,12+,15+,16+,17-,19+,20+,22-,23+/m1/s1. The van der Waals surface area contributed by atoms with E-state index in [1.807, 2.05) is 6.07 Å². The van der Waals surface area contributed by atoms with E-state index in [0.717, 1.165) is 30.5 Å². The highest BCUT2D eigenvalue weighted by Gasteiger charge is 2.64. The quantitative estimate of drug-likeness (QED) is 0.346. The summed E-state index contributed by atoms with van der Waals surface area (Å²) in [5.74, 6) is -0.625. The van der Waals surface area contributed by atoms with Crippen LogP contribution in [-0.4, -0.2) is 98.9 Å². The van der Waals surface area contributed by atoms with Crippen LogP contribution in [-0.2, 0) is 21.4 Å². The summed E-state index contributed by atoms with van der Waals surface area (Å²) in [5.41, 5.74) is 1.70. The summed E-state index contributed by atoms with van der Waals surface area (Å²) < 4.78 is 17.5. The summed E-state index contributed by atoms with van der Waals surface area (Å²) in [5, 5.41) is 50.6. The molecule has 10 nitrogen and oxygen atoms in total. The summed E-state index contributed by atoms with van der Waals surface area (Å²) in [4.78, 5) is 13.8. The molecule has 2 bridgehead atoms. The lowest BCUT2D eigenvalue weighted by Crippen LogP contribution is -2.64. The number of benzene rings is 1. The van der Waals surface area contributed by atoms with Gasteiger partial charge in [-0.3, -0.25) is 0 Å². The number of carbonyl (C=O) groups is 1. The molecule has 6 rings (SSSR count). The van der Waals surface area contributed by atoms with E-state index < -0.39 is 54.3 Å². The van der Waals surface area contributed by atoms with Gasteiger partial charge in [0.2, 0.25) is 6.29 Å². The van der Waals surface area contributed by atoms with Crippen LogP contribution in [0.1, 0.15) is 17.5 Å². The van der Waals surface area contributed by atoms with Crippen molar-refractivity contribution in [2.24, 2.45) is 5.92 Å². The number of rotatable bonds is 3. The number of hydrogen-bond acceptors (Lipinski definition) is 9. The zero-order chi connectivity index (χ0) is 23.2. The first-order chi connectivity index (χ1) is 15.7. The molecule has 2 aliphatic carbocycles. The molecular formula is C23H27NO9. The monoisotopic (exact) mass is 461 g/mol. The van der Waals surface area contributed by atoms with Crippen LogP contribution < -0.4 is 9.47 Å². The Hall–Kier alpha value is -2.21. The van der Waals surface area contributed by atoms with E-state index in [2.05, 4.69) is 18.0 Å². The molecule has 3 aliphatic heterocycles. The minimum Gasteiger partial charge on any atom is -0.482 e. The second kappa shape index (κ2) is 7.14. The largest absolute Gasteiger partial charge is 0.482 e. The van der Waals surface area contributed by atoms with Gasteiger partial charge in [0.1, 0.15) is 30.5 Å². The number of likely N-dealkylation sites (N-methyl/N-ethyl adjacent to an activating group) is 1. The molecule has 1 aromatic carbocycles. The van der Waals surface area contributed by atoms with Crippen LogP contribution in [0.3, 0.4) is 0 Å². The molecule has 10 atom stereocenters. The molecule has 1 unspecified atom stereocenters. The zero-order valence-corrected chi connectivity index (χ0v) is 17.9. The van der Waals surface area contributed by atoms with Gasteiger partial charge < -0.3 is 44.6 Å². The Morgan fingerprint density at radius 3 is 2.70 bits per heavy atom. The second-order valence-electron chi connectivity index (χ2n) is 9.76. The minimum atomic E-state index is -1.80. The molecule has 1 aromatic rings. The van der Waals surface area contributed by atoms with Gasteiger partial charge in [0, 0.05) is 22.9 Å². The number of piperidine rings is 1. The molecule has 5 aliphatic rings. The minimum absolute atomic E-state index is 0.165. The van der Waals surface area contributed by atoms with Crippen LogP contribution in [0.2, 0.25) is 0 Å². The molecule has 2 fully saturated rings. The Bertz CT molecular complexity index is 1030. The van der Waals surface area contributed by atoms with Crippen molar-refractivity contribution in [3.05, 3.63) is 35.4 Å². The number of aliphatic carboxylic acids is 1. The molecule has 0 saturated carbocycles. The molecule has 1 spiro atoms. The number of nitrogens with zero attached hydrogens (tertiary/aromatic N) is 1. The first-order valence-corrected chi connectivity index (χ1v) is 11.2. The number of aliphatic hydroxyl groups excluding tert-OH is 4. The van der Waals surface area contributed by atoms with Crippen molar-refractivity contribution in [2.45, 2.75) is 67.2 Å². The van der Waals surface area contributed by atoms with Crippen LogP contribution in [0, 0.1) is 5.92 Å². The van der Waals surface area contributed by atoms with Crippen molar-refractivity contribution in [1.29, 1.82) is 0 Å². The van der Waals surface area contributed by atoms with Crippen molar-refractivity contribution in [3.63, 3.8) is 0 Å². The summed E-state index contributed by atoms with van der Waals surface area (Å²) in [6.45, 7) is 0.861. The van der Waals surface area contributed by atoms with Crippen molar-refractivity contribution >= 4 is 5.97 Å². The molecular weight excluding hydrogens is 434 g/mol. The topological polar surface area (TPSA) is 149 Å². The third-order valence-electron chi connectivity index (χ3n) is 8.19. The lowest BCUT2D eigenvalue weighted by molar-refractivity contribution is -0.271. The van der Waals surface area contributed by atoms with Gasteiger partial charge >= 0.3 is 5.97 Å². The lowest BCUT2D eigenvalue weighted by atomic mass is 9.53. The third-order valence-corrected chi connectivity index (χ3v) is 8.19. The molecule has 2 saturated heterocycles. The van der Waals surface area contributed by atoms with Gasteiger partial charge in [0.05, 0.1) is 0 Å². The Morgan fingerprint density at radius 1 is 1.15 bits per heavy atom. The highest BCUT2D eigenvalue weighted by atomic mass is 16.7. The number of hydrogen-bond donors (Lipinski definition) is 5. The molecule has 0 radical (unpaired) electrons. The third kappa shape index (κ3) is 2.73. The fourth-order valence-corrected chi connectivity index (χ4v) is 6.60. The van der Waals surface area contributed by atoms with Gasteiger partial charge in [-0.1, -0.05) is 18.2 Å². The fraction of sp³-hybridized carbons (Fsp3) is 0.609. The Balaban J connectivity index is 1.41. The van der Waals surface area contributed by atoms with E-state index >= 15 is 0 Å². The van der Waals surface area contributed by atoms with Crippen LogP contribution in [0.25, 0.3) is 0 Å². The maximum absolute atomic E-state index is 11.4. The van der Waals surface area contributed by atoms with Crippen molar-refractivity contribution in [1.82, 2.24) is 4.90 Å². The van der Waals surface area contributed by atoms with Crippen LogP contribution >= 0.6 is 0 Å². The molecule has 0 aromatic heterocycles. The molecule has 5 N–H and O–H groups in total. The Labute approximate surface area is 189 Å². The van der Waals surface area contributed by atoms with Crippen LogP contribution in [0.4, 0.5) is 0 Å². The van der Waals surface area contributed by atoms with E-state index in [1.54, 1.807) is 12.1 Å². The normalized spacial score (nSPS) is 45.3. The van der Waals surface area contributed by atoms with Gasteiger partial charge in [0.15, 0.2) is 17.6 Å². The van der Waals surface area contributed by atoms with Gasteiger partial charge in [-0.2, -0.15) is 0 Å². The summed E-state index contributed by atoms with van der Waals surface area (Å²) in [6, 6.07) is 3.90. The Kier molecular flexibility index (Phi) is 4.62. The predicted octanol–water partition coefficient (Wildman–Crippen LogP) is -1.24. The number of aliphatic hydroxyl groups is 4. The van der Waals surface area contributed by atoms with E-state index in [4.69, 9.17) is 14.2 Å². The maximum atomic E-state index is 11.4. The molecule has 178 valence electrons. The van der Waals surface area contributed by atoms with Gasteiger partial charge in [-0.25, -0.2) is 4.79 Å². The van der Waals surface area contributed by atoms with Gasteiger partial charge in [-0.15, -0.1) is 0 Å². The first-order valence-electron chi connectivity index (χ1n) is 11.2.